The van der Waals surface area contributed by atoms with Gasteiger partial charge in [-0.1, -0.05) is 55.8 Å². The van der Waals surface area contributed by atoms with Crippen LogP contribution in [0, 0.1) is 6.92 Å². The van der Waals surface area contributed by atoms with Gasteiger partial charge in [0.25, 0.3) is 5.91 Å². The van der Waals surface area contributed by atoms with Gasteiger partial charge >= 0.3 is 0 Å². The van der Waals surface area contributed by atoms with Crippen molar-refractivity contribution in [3.63, 3.8) is 0 Å². The first-order valence-corrected chi connectivity index (χ1v) is 10.5. The molecule has 0 aliphatic carbocycles. The molecule has 0 radical (unpaired) electrons. The Morgan fingerprint density at radius 3 is 2.43 bits per heavy atom. The first kappa shape index (κ1) is 20.4. The number of nitrogens with one attached hydrogen (secondary N) is 1. The van der Waals surface area contributed by atoms with E-state index >= 15 is 0 Å². The summed E-state index contributed by atoms with van der Waals surface area (Å²) < 4.78 is 5.98. The van der Waals surface area contributed by atoms with E-state index in [-0.39, 0.29) is 5.91 Å². The van der Waals surface area contributed by atoms with Crippen molar-refractivity contribution in [1.29, 1.82) is 0 Å². The molecule has 0 bridgehead atoms. The number of aryl methyl sites for hydroxylation is 1. The monoisotopic (exact) mass is 380 g/mol. The molecular weight excluding hydrogens is 348 g/mol. The Kier molecular flexibility index (Phi) is 7.49. The summed E-state index contributed by atoms with van der Waals surface area (Å²) in [4.78, 5) is 15.2. The Morgan fingerprint density at radius 2 is 1.71 bits per heavy atom. The molecule has 4 nitrogen and oxygen atoms in total. The second kappa shape index (κ2) is 10.3. The molecule has 1 N–H and O–H groups in total. The van der Waals surface area contributed by atoms with Crippen molar-refractivity contribution >= 4 is 5.91 Å². The van der Waals surface area contributed by atoms with E-state index in [1.54, 1.807) is 0 Å². The molecule has 2 aromatic carbocycles. The highest BCUT2D eigenvalue weighted by Gasteiger charge is 2.19. The van der Waals surface area contributed by atoms with Crippen molar-refractivity contribution in [2.24, 2.45) is 0 Å². The van der Waals surface area contributed by atoms with E-state index in [2.05, 4.69) is 28.4 Å². The van der Waals surface area contributed by atoms with Crippen LogP contribution in [0.5, 0.6) is 5.75 Å². The second-order valence-electron chi connectivity index (χ2n) is 7.60. The maximum atomic E-state index is 12.7. The van der Waals surface area contributed by atoms with Crippen molar-refractivity contribution in [3.05, 3.63) is 65.2 Å². The maximum absolute atomic E-state index is 12.7. The predicted molar refractivity (Wildman–Crippen MR) is 113 cm³/mol. The Morgan fingerprint density at radius 1 is 1.04 bits per heavy atom. The summed E-state index contributed by atoms with van der Waals surface area (Å²) >= 11 is 0. The number of para-hydroxylation sites is 1. The van der Waals surface area contributed by atoms with Crippen LogP contribution in [0.25, 0.3) is 0 Å². The zero-order valence-corrected chi connectivity index (χ0v) is 17.1. The number of hydrogen-bond donors (Lipinski definition) is 1. The molecule has 0 saturated carbocycles. The zero-order chi connectivity index (χ0) is 19.8. The van der Waals surface area contributed by atoms with E-state index in [0.717, 1.165) is 17.9 Å². The average molecular weight is 381 g/mol. The second-order valence-corrected chi connectivity index (χ2v) is 7.60. The van der Waals surface area contributed by atoms with Gasteiger partial charge < -0.3 is 10.1 Å². The van der Waals surface area contributed by atoms with E-state index in [1.807, 2.05) is 44.2 Å². The molecule has 1 aliphatic rings. The molecule has 0 spiro atoms. The summed E-state index contributed by atoms with van der Waals surface area (Å²) in [6.45, 7) is 7.81. The van der Waals surface area contributed by atoms with Gasteiger partial charge in [0.05, 0.1) is 0 Å². The molecule has 1 atom stereocenters. The van der Waals surface area contributed by atoms with Crippen LogP contribution in [0.3, 0.4) is 0 Å². The molecule has 28 heavy (non-hydrogen) atoms. The maximum Gasteiger partial charge on any atom is 0.261 e. The predicted octanol–water partition coefficient (Wildman–Crippen LogP) is 4.45. The number of carbonyl (C=O) groups excluding carboxylic acids is 1. The number of carbonyl (C=O) groups is 1. The van der Waals surface area contributed by atoms with E-state index in [1.165, 1.54) is 43.5 Å². The van der Waals surface area contributed by atoms with Gasteiger partial charge in [-0.25, -0.2) is 0 Å². The topological polar surface area (TPSA) is 41.6 Å². The van der Waals surface area contributed by atoms with Crippen LogP contribution in [-0.4, -0.2) is 30.0 Å². The van der Waals surface area contributed by atoms with E-state index in [0.29, 0.717) is 13.0 Å². The van der Waals surface area contributed by atoms with Crippen LogP contribution in [0.15, 0.2) is 48.5 Å². The van der Waals surface area contributed by atoms with Gasteiger partial charge in [0.15, 0.2) is 6.10 Å². The third kappa shape index (κ3) is 5.59. The number of likely N-dealkylation sites (tertiary alicyclic amines) is 1. The average Bonchev–Trinajstić information content (AvgIpc) is 2.73. The summed E-state index contributed by atoms with van der Waals surface area (Å²) in [6.07, 6.45) is 4.07. The van der Waals surface area contributed by atoms with Gasteiger partial charge in [-0.3, -0.25) is 9.69 Å². The van der Waals surface area contributed by atoms with Gasteiger partial charge in [0.1, 0.15) is 5.75 Å². The van der Waals surface area contributed by atoms with Gasteiger partial charge in [-0.05, 0) is 62.0 Å². The summed E-state index contributed by atoms with van der Waals surface area (Å²) in [5, 5.41) is 3.08. The largest absolute Gasteiger partial charge is 0.480 e. The van der Waals surface area contributed by atoms with Crippen LogP contribution in [0.2, 0.25) is 0 Å². The van der Waals surface area contributed by atoms with Gasteiger partial charge in [0.2, 0.25) is 0 Å². The Bertz CT molecular complexity index is 769. The standard InChI is InChI=1S/C24H32N2O2/c1-3-22(28-23-14-8-5-11-19(23)2)24(27)25-17-20-12-6-7-13-21(20)18-26-15-9-4-10-16-26/h5-8,11-14,22H,3-4,9-10,15-18H2,1-2H3,(H,25,27)/t22-/m1/s1. The molecule has 1 aliphatic heterocycles. The SMILES string of the molecule is CC[C@@H](Oc1ccccc1C)C(=O)NCc1ccccc1CN1CCCCC1. The molecule has 1 fully saturated rings. The fourth-order valence-electron chi connectivity index (χ4n) is 3.70. The number of nitrogens with zero attached hydrogens (tertiary/aromatic N) is 1. The molecule has 0 aromatic heterocycles. The number of rotatable bonds is 8. The molecule has 4 heteroatoms. The van der Waals surface area contributed by atoms with Gasteiger partial charge in [-0.15, -0.1) is 0 Å². The van der Waals surface area contributed by atoms with E-state index in [4.69, 9.17) is 4.74 Å². The quantitative estimate of drug-likeness (QED) is 0.735. The summed E-state index contributed by atoms with van der Waals surface area (Å²) in [5.74, 6) is 0.716. The van der Waals surface area contributed by atoms with Crippen molar-refractivity contribution in [2.45, 2.75) is 58.7 Å². The van der Waals surface area contributed by atoms with Crippen LogP contribution < -0.4 is 10.1 Å². The van der Waals surface area contributed by atoms with Crippen LogP contribution in [0.4, 0.5) is 0 Å². The number of hydrogen-bond acceptors (Lipinski definition) is 3. The van der Waals surface area contributed by atoms with Crippen LogP contribution >= 0.6 is 0 Å². The van der Waals surface area contributed by atoms with Crippen molar-refractivity contribution in [3.8, 4) is 5.75 Å². The minimum absolute atomic E-state index is 0.0569. The fraction of sp³-hybridized carbons (Fsp3) is 0.458. The Labute approximate surface area is 168 Å². The number of benzene rings is 2. The molecule has 1 amide bonds. The number of amides is 1. The van der Waals surface area contributed by atoms with Crippen molar-refractivity contribution in [1.82, 2.24) is 10.2 Å². The third-order valence-corrected chi connectivity index (χ3v) is 5.44. The first-order valence-electron chi connectivity index (χ1n) is 10.5. The van der Waals surface area contributed by atoms with Crippen LogP contribution in [-0.2, 0) is 17.9 Å². The lowest BCUT2D eigenvalue weighted by Gasteiger charge is -2.27. The molecule has 0 unspecified atom stereocenters. The Balaban J connectivity index is 1.59. The lowest BCUT2D eigenvalue weighted by molar-refractivity contribution is -0.128. The van der Waals surface area contributed by atoms with Crippen LogP contribution in [0.1, 0.15) is 49.3 Å². The summed E-state index contributed by atoms with van der Waals surface area (Å²) in [7, 11) is 0. The number of piperidine rings is 1. The summed E-state index contributed by atoms with van der Waals surface area (Å²) in [6, 6.07) is 16.2. The van der Waals surface area contributed by atoms with Crippen molar-refractivity contribution in [2.75, 3.05) is 13.1 Å². The molecule has 3 rings (SSSR count). The summed E-state index contributed by atoms with van der Waals surface area (Å²) in [5.41, 5.74) is 3.53. The smallest absolute Gasteiger partial charge is 0.261 e. The van der Waals surface area contributed by atoms with E-state index in [9.17, 15) is 4.79 Å². The highest BCUT2D eigenvalue weighted by molar-refractivity contribution is 5.81. The molecule has 150 valence electrons. The molecule has 1 saturated heterocycles. The van der Waals surface area contributed by atoms with Gasteiger partial charge in [-0.2, -0.15) is 0 Å². The van der Waals surface area contributed by atoms with Gasteiger partial charge in [0, 0.05) is 13.1 Å². The molecule has 2 aromatic rings. The lowest BCUT2D eigenvalue weighted by Crippen LogP contribution is -2.38. The highest BCUT2D eigenvalue weighted by Crippen LogP contribution is 2.19. The minimum atomic E-state index is -0.477. The Hall–Kier alpha value is -2.33. The normalized spacial score (nSPS) is 15.8. The number of ether oxygens (including phenoxy) is 1. The zero-order valence-electron chi connectivity index (χ0n) is 17.1. The minimum Gasteiger partial charge on any atom is -0.480 e. The van der Waals surface area contributed by atoms with Crippen molar-refractivity contribution < 1.29 is 9.53 Å². The molecule has 1 heterocycles. The van der Waals surface area contributed by atoms with E-state index < -0.39 is 6.10 Å². The lowest BCUT2D eigenvalue weighted by atomic mass is 10.0. The third-order valence-electron chi connectivity index (χ3n) is 5.44. The first-order chi connectivity index (χ1) is 13.7. The fourth-order valence-corrected chi connectivity index (χ4v) is 3.70. The highest BCUT2D eigenvalue weighted by atomic mass is 16.5. The molecular formula is C24H32N2O2.